The Hall–Kier alpha value is -1.96. The maximum Gasteiger partial charge on any atom is 0.189 e. The smallest absolute Gasteiger partial charge is 0.189 e. The minimum absolute atomic E-state index is 0.293. The number of hydrogen-bond donors (Lipinski definition) is 4. The van der Waals surface area contributed by atoms with Crippen LogP contribution in [0.5, 0.6) is 0 Å². The topological polar surface area (TPSA) is 48.1 Å². The summed E-state index contributed by atoms with van der Waals surface area (Å²) in [4.78, 5) is 0. The largest absolute Gasteiger partial charge is 0.331 e. The minimum Gasteiger partial charge on any atom is -0.331 e. The van der Waals surface area contributed by atoms with Crippen molar-refractivity contribution in [2.45, 2.75) is 0 Å². The van der Waals surface area contributed by atoms with E-state index >= 15 is 0 Å². The molecule has 2 aromatic carbocycles. The maximum atomic E-state index is 12.8. The van der Waals surface area contributed by atoms with Gasteiger partial charge in [-0.1, -0.05) is 17.7 Å². The van der Waals surface area contributed by atoms with Crippen LogP contribution in [-0.2, 0) is 0 Å². The van der Waals surface area contributed by atoms with E-state index < -0.39 is 0 Å². The Balaban J connectivity index is 1.78. The van der Waals surface area contributed by atoms with Gasteiger partial charge in [0.2, 0.25) is 0 Å². The van der Waals surface area contributed by atoms with Crippen LogP contribution >= 0.6 is 36.0 Å². The molecule has 0 aromatic heterocycles. The number of thiocarbonyl (C=S) groups is 2. The van der Waals surface area contributed by atoms with Crippen molar-refractivity contribution in [3.8, 4) is 0 Å². The van der Waals surface area contributed by atoms with E-state index in [2.05, 4.69) is 21.5 Å². The Labute approximate surface area is 143 Å². The SMILES string of the molecule is Fc1ccc(NC(=S)NNC(=S)Nc2cccc(Cl)c2)cc1. The molecule has 2 rings (SSSR count). The van der Waals surface area contributed by atoms with Crippen LogP contribution in [0.15, 0.2) is 48.5 Å². The van der Waals surface area contributed by atoms with E-state index in [1.54, 1.807) is 30.3 Å². The lowest BCUT2D eigenvalue weighted by Gasteiger charge is -2.14. The first-order valence-corrected chi connectivity index (χ1v) is 7.37. The molecule has 4 N–H and O–H groups in total. The van der Waals surface area contributed by atoms with Crippen molar-refractivity contribution in [1.82, 2.24) is 10.9 Å². The molecule has 0 unspecified atom stereocenters. The van der Waals surface area contributed by atoms with Gasteiger partial charge in [-0.05, 0) is 66.9 Å². The molecule has 0 radical (unpaired) electrons. The monoisotopic (exact) mass is 354 g/mol. The highest BCUT2D eigenvalue weighted by Crippen LogP contribution is 2.14. The molecular weight excluding hydrogens is 343 g/mol. The quantitative estimate of drug-likeness (QED) is 0.487. The Morgan fingerprint density at radius 1 is 0.864 bits per heavy atom. The van der Waals surface area contributed by atoms with Crippen molar-refractivity contribution < 1.29 is 4.39 Å². The summed E-state index contributed by atoms with van der Waals surface area (Å²) in [5.74, 6) is -0.311. The van der Waals surface area contributed by atoms with E-state index in [1.807, 2.05) is 6.07 Å². The highest BCUT2D eigenvalue weighted by molar-refractivity contribution is 7.81. The lowest BCUT2D eigenvalue weighted by Crippen LogP contribution is -2.45. The second-order valence-electron chi connectivity index (χ2n) is 4.18. The van der Waals surface area contributed by atoms with Crippen LogP contribution in [0.1, 0.15) is 0 Å². The van der Waals surface area contributed by atoms with Gasteiger partial charge in [-0.25, -0.2) is 4.39 Å². The Morgan fingerprint density at radius 2 is 1.45 bits per heavy atom. The lowest BCUT2D eigenvalue weighted by molar-refractivity contribution is 0.628. The molecule has 0 saturated carbocycles. The second kappa shape index (κ2) is 7.88. The van der Waals surface area contributed by atoms with Crippen molar-refractivity contribution in [2.24, 2.45) is 0 Å². The molecule has 114 valence electrons. The molecule has 0 heterocycles. The molecule has 0 bridgehead atoms. The molecule has 0 spiro atoms. The van der Waals surface area contributed by atoms with Gasteiger partial charge in [0.05, 0.1) is 0 Å². The van der Waals surface area contributed by atoms with Crippen molar-refractivity contribution >= 4 is 57.6 Å². The number of anilines is 2. The summed E-state index contributed by atoms with van der Waals surface area (Å²) in [7, 11) is 0. The van der Waals surface area contributed by atoms with Gasteiger partial charge in [-0.2, -0.15) is 0 Å². The zero-order chi connectivity index (χ0) is 15.9. The number of halogens is 2. The van der Waals surface area contributed by atoms with Crippen LogP contribution < -0.4 is 21.5 Å². The number of hydrogen-bond acceptors (Lipinski definition) is 2. The molecule has 22 heavy (non-hydrogen) atoms. The van der Waals surface area contributed by atoms with Crippen molar-refractivity contribution in [3.63, 3.8) is 0 Å². The van der Waals surface area contributed by atoms with Gasteiger partial charge >= 0.3 is 0 Å². The average molecular weight is 355 g/mol. The molecule has 0 aliphatic rings. The normalized spacial score (nSPS) is 9.73. The molecule has 0 amide bonds. The molecule has 0 aliphatic carbocycles. The van der Waals surface area contributed by atoms with Gasteiger partial charge in [0.25, 0.3) is 0 Å². The van der Waals surface area contributed by atoms with E-state index in [9.17, 15) is 4.39 Å². The lowest BCUT2D eigenvalue weighted by atomic mass is 10.3. The maximum absolute atomic E-state index is 12.8. The van der Waals surface area contributed by atoms with E-state index in [-0.39, 0.29) is 5.82 Å². The van der Waals surface area contributed by atoms with Gasteiger partial charge in [0, 0.05) is 16.4 Å². The molecular formula is C14H12ClFN4S2. The summed E-state index contributed by atoms with van der Waals surface area (Å²) in [6, 6.07) is 13.0. The molecule has 0 fully saturated rings. The van der Waals surface area contributed by atoms with E-state index in [1.165, 1.54) is 12.1 Å². The van der Waals surface area contributed by atoms with Gasteiger partial charge in [0.1, 0.15) is 5.82 Å². The second-order valence-corrected chi connectivity index (χ2v) is 5.43. The fraction of sp³-hybridized carbons (Fsp3) is 0. The van der Waals surface area contributed by atoms with Crippen molar-refractivity contribution in [2.75, 3.05) is 10.6 Å². The van der Waals surface area contributed by atoms with Gasteiger partial charge in [-0.15, -0.1) is 0 Å². The molecule has 8 heteroatoms. The number of nitrogens with one attached hydrogen (secondary N) is 4. The Bertz CT molecular complexity index is 679. The molecule has 2 aromatic rings. The first-order chi connectivity index (χ1) is 10.5. The highest BCUT2D eigenvalue weighted by Gasteiger charge is 2.00. The first kappa shape index (κ1) is 16.4. The molecule has 0 aliphatic heterocycles. The Kier molecular flexibility index (Phi) is 5.88. The predicted molar refractivity (Wildman–Crippen MR) is 96.6 cm³/mol. The summed E-state index contributed by atoms with van der Waals surface area (Å²) in [5.41, 5.74) is 6.87. The van der Waals surface area contributed by atoms with Crippen LogP contribution in [0, 0.1) is 5.82 Å². The van der Waals surface area contributed by atoms with Crippen molar-refractivity contribution in [1.29, 1.82) is 0 Å². The third-order valence-electron chi connectivity index (χ3n) is 2.47. The third-order valence-corrected chi connectivity index (χ3v) is 3.12. The Morgan fingerprint density at radius 3 is 2.05 bits per heavy atom. The zero-order valence-electron chi connectivity index (χ0n) is 11.2. The zero-order valence-corrected chi connectivity index (χ0v) is 13.6. The fourth-order valence-electron chi connectivity index (χ4n) is 1.54. The van der Waals surface area contributed by atoms with Crippen LogP contribution in [0.2, 0.25) is 5.02 Å². The predicted octanol–water partition coefficient (Wildman–Crippen LogP) is 3.67. The standard InChI is InChI=1S/C14H12ClFN4S2/c15-9-2-1-3-12(8-9)18-14(22)20-19-13(21)17-11-6-4-10(16)5-7-11/h1-8H,(H2,17,19,21)(H2,18,20,22). The number of rotatable bonds is 2. The van der Waals surface area contributed by atoms with Gasteiger partial charge in [0.15, 0.2) is 10.2 Å². The van der Waals surface area contributed by atoms with Crippen LogP contribution in [0.25, 0.3) is 0 Å². The van der Waals surface area contributed by atoms with E-state index in [0.29, 0.717) is 20.9 Å². The van der Waals surface area contributed by atoms with E-state index in [4.69, 9.17) is 36.0 Å². The summed E-state index contributed by atoms with van der Waals surface area (Å²) in [6.07, 6.45) is 0. The molecule has 0 atom stereocenters. The van der Waals surface area contributed by atoms with E-state index in [0.717, 1.165) is 5.69 Å². The van der Waals surface area contributed by atoms with Crippen LogP contribution in [0.4, 0.5) is 15.8 Å². The fourth-order valence-corrected chi connectivity index (χ4v) is 2.07. The van der Waals surface area contributed by atoms with Gasteiger partial charge < -0.3 is 10.6 Å². The van der Waals surface area contributed by atoms with Crippen LogP contribution in [-0.4, -0.2) is 10.2 Å². The summed E-state index contributed by atoms with van der Waals surface area (Å²) >= 11 is 16.1. The highest BCUT2D eigenvalue weighted by atomic mass is 35.5. The third kappa shape index (κ3) is 5.44. The first-order valence-electron chi connectivity index (χ1n) is 6.18. The number of benzene rings is 2. The molecule has 4 nitrogen and oxygen atoms in total. The average Bonchev–Trinajstić information content (AvgIpc) is 2.48. The van der Waals surface area contributed by atoms with Crippen molar-refractivity contribution in [3.05, 3.63) is 59.4 Å². The summed E-state index contributed by atoms with van der Waals surface area (Å²) in [6.45, 7) is 0. The van der Waals surface area contributed by atoms with Crippen LogP contribution in [0.3, 0.4) is 0 Å². The summed E-state index contributed by atoms with van der Waals surface area (Å²) < 4.78 is 12.8. The minimum atomic E-state index is -0.311. The number of hydrazine groups is 1. The summed E-state index contributed by atoms with van der Waals surface area (Å²) in [5, 5.41) is 7.05. The van der Waals surface area contributed by atoms with Gasteiger partial charge in [-0.3, -0.25) is 10.9 Å². The molecule has 0 saturated heterocycles.